The van der Waals surface area contributed by atoms with Crippen molar-refractivity contribution in [1.82, 2.24) is 0 Å². The number of halogens is 1. The van der Waals surface area contributed by atoms with Crippen LogP contribution in [0.4, 0.5) is 5.69 Å². The van der Waals surface area contributed by atoms with Crippen LogP contribution in [-0.4, -0.2) is 16.2 Å². The van der Waals surface area contributed by atoms with Crippen molar-refractivity contribution in [2.45, 2.75) is 13.0 Å². The highest BCUT2D eigenvalue weighted by Gasteiger charge is 2.16. The Kier molecular flexibility index (Phi) is 4.42. The molecular weight excluding hydrogens is 278 g/mol. The summed E-state index contributed by atoms with van der Waals surface area (Å²) in [5.74, 6) is -0.420. The molecule has 1 atom stereocenters. The molecule has 0 saturated heterocycles. The average molecular weight is 288 g/mol. The van der Waals surface area contributed by atoms with Crippen LogP contribution in [0.15, 0.2) is 24.3 Å². The van der Waals surface area contributed by atoms with Crippen LogP contribution in [-0.2, 0) is 9.53 Å². The largest absolute Gasteiger partial charge is 0.457 e. The van der Waals surface area contributed by atoms with Gasteiger partial charge < -0.3 is 4.74 Å². The van der Waals surface area contributed by atoms with Crippen molar-refractivity contribution in [2.24, 2.45) is 0 Å². The molecule has 86 valence electrons. The first kappa shape index (κ1) is 12.6. The maximum atomic E-state index is 10.8. The fourth-order valence-electron chi connectivity index (χ4n) is 1.23. The number of non-ortho nitro benzene ring substituents is 1. The van der Waals surface area contributed by atoms with Gasteiger partial charge in [-0.15, -0.1) is 0 Å². The highest BCUT2D eigenvalue weighted by molar-refractivity contribution is 9.09. The molecule has 0 fully saturated rings. The SMILES string of the molecule is CC(=O)OC(CBr)c1cccc([N+](=O)[O-])c1. The summed E-state index contributed by atoms with van der Waals surface area (Å²) in [4.78, 5) is 20.9. The van der Waals surface area contributed by atoms with Crippen molar-refractivity contribution in [1.29, 1.82) is 0 Å². The van der Waals surface area contributed by atoms with E-state index in [2.05, 4.69) is 15.9 Å². The fourth-order valence-corrected chi connectivity index (χ4v) is 1.73. The topological polar surface area (TPSA) is 69.4 Å². The summed E-state index contributed by atoms with van der Waals surface area (Å²) >= 11 is 3.20. The van der Waals surface area contributed by atoms with E-state index in [1.54, 1.807) is 12.1 Å². The molecule has 16 heavy (non-hydrogen) atoms. The van der Waals surface area contributed by atoms with Crippen LogP contribution in [0.2, 0.25) is 0 Å². The van der Waals surface area contributed by atoms with Gasteiger partial charge in [-0.1, -0.05) is 28.1 Å². The summed E-state index contributed by atoms with van der Waals surface area (Å²) in [6, 6.07) is 6.03. The predicted octanol–water partition coefficient (Wildman–Crippen LogP) is 2.59. The van der Waals surface area contributed by atoms with E-state index in [1.165, 1.54) is 19.1 Å². The molecule has 0 aliphatic carbocycles. The Morgan fingerprint density at radius 3 is 2.81 bits per heavy atom. The van der Waals surface area contributed by atoms with E-state index in [0.717, 1.165) is 0 Å². The molecule has 0 radical (unpaired) electrons. The van der Waals surface area contributed by atoms with E-state index in [0.29, 0.717) is 10.9 Å². The molecule has 0 amide bonds. The van der Waals surface area contributed by atoms with E-state index >= 15 is 0 Å². The van der Waals surface area contributed by atoms with Crippen LogP contribution in [0, 0.1) is 10.1 Å². The second-order valence-corrected chi connectivity index (χ2v) is 3.75. The number of carbonyl (C=O) groups is 1. The molecule has 0 aromatic heterocycles. The van der Waals surface area contributed by atoms with E-state index in [9.17, 15) is 14.9 Å². The molecule has 0 saturated carbocycles. The van der Waals surface area contributed by atoms with Gasteiger partial charge in [0, 0.05) is 30.0 Å². The van der Waals surface area contributed by atoms with Crippen LogP contribution in [0.5, 0.6) is 0 Å². The molecule has 1 aromatic carbocycles. The maximum absolute atomic E-state index is 10.8. The maximum Gasteiger partial charge on any atom is 0.303 e. The molecule has 1 rings (SSSR count). The number of carbonyl (C=O) groups excluding carboxylic acids is 1. The van der Waals surface area contributed by atoms with Crippen molar-refractivity contribution in [3.63, 3.8) is 0 Å². The second-order valence-electron chi connectivity index (χ2n) is 3.10. The average Bonchev–Trinajstić information content (AvgIpc) is 2.25. The van der Waals surface area contributed by atoms with Crippen LogP contribution in [0.1, 0.15) is 18.6 Å². The number of nitro benzene ring substituents is 1. The lowest BCUT2D eigenvalue weighted by molar-refractivity contribution is -0.385. The molecule has 0 aliphatic heterocycles. The molecule has 5 nitrogen and oxygen atoms in total. The number of alkyl halides is 1. The highest BCUT2D eigenvalue weighted by atomic mass is 79.9. The van der Waals surface area contributed by atoms with Crippen molar-refractivity contribution in [3.05, 3.63) is 39.9 Å². The third-order valence-electron chi connectivity index (χ3n) is 1.90. The summed E-state index contributed by atoms with van der Waals surface area (Å²) < 4.78 is 5.01. The van der Waals surface area contributed by atoms with E-state index < -0.39 is 17.0 Å². The number of nitrogens with zero attached hydrogens (tertiary/aromatic N) is 1. The third-order valence-corrected chi connectivity index (χ3v) is 2.49. The number of esters is 1. The Labute approximate surface area is 101 Å². The quantitative estimate of drug-likeness (QED) is 0.369. The fraction of sp³-hybridized carbons (Fsp3) is 0.300. The van der Waals surface area contributed by atoms with Gasteiger partial charge >= 0.3 is 5.97 Å². The minimum Gasteiger partial charge on any atom is -0.457 e. The van der Waals surface area contributed by atoms with Crippen LogP contribution in [0.25, 0.3) is 0 Å². The minimum absolute atomic E-state index is 0.0180. The Morgan fingerprint density at radius 1 is 1.62 bits per heavy atom. The van der Waals surface area contributed by atoms with Gasteiger partial charge in [0.25, 0.3) is 5.69 Å². The van der Waals surface area contributed by atoms with Gasteiger partial charge in [0.15, 0.2) is 0 Å². The van der Waals surface area contributed by atoms with Crippen LogP contribution < -0.4 is 0 Å². The molecule has 1 aromatic rings. The first-order valence-electron chi connectivity index (χ1n) is 4.52. The number of hydrogen-bond donors (Lipinski definition) is 0. The van der Waals surface area contributed by atoms with Crippen molar-refractivity contribution >= 4 is 27.6 Å². The number of benzene rings is 1. The van der Waals surface area contributed by atoms with E-state index in [4.69, 9.17) is 4.74 Å². The van der Waals surface area contributed by atoms with Gasteiger partial charge in [-0.2, -0.15) is 0 Å². The summed E-state index contributed by atoms with van der Waals surface area (Å²) in [6.07, 6.45) is -0.502. The van der Waals surface area contributed by atoms with Gasteiger partial charge in [-0.05, 0) is 0 Å². The zero-order valence-electron chi connectivity index (χ0n) is 8.55. The van der Waals surface area contributed by atoms with Crippen molar-refractivity contribution < 1.29 is 14.5 Å². The third kappa shape index (κ3) is 3.30. The van der Waals surface area contributed by atoms with E-state index in [1.807, 2.05) is 0 Å². The van der Waals surface area contributed by atoms with E-state index in [-0.39, 0.29) is 5.69 Å². The predicted molar refractivity (Wildman–Crippen MR) is 61.4 cm³/mol. The molecule has 1 unspecified atom stereocenters. The Hall–Kier alpha value is -1.43. The van der Waals surface area contributed by atoms with Gasteiger partial charge in [-0.25, -0.2) is 0 Å². The zero-order chi connectivity index (χ0) is 12.1. The number of nitro groups is 1. The van der Waals surface area contributed by atoms with Gasteiger partial charge in [-0.3, -0.25) is 14.9 Å². The molecule has 0 N–H and O–H groups in total. The number of ether oxygens (including phenoxy) is 1. The highest BCUT2D eigenvalue weighted by Crippen LogP contribution is 2.23. The molecular formula is C10H10BrNO4. The molecule has 0 spiro atoms. The molecule has 6 heteroatoms. The summed E-state index contributed by atoms with van der Waals surface area (Å²) in [7, 11) is 0. The lowest BCUT2D eigenvalue weighted by atomic mass is 10.1. The Balaban J connectivity index is 2.96. The Bertz CT molecular complexity index is 408. The smallest absolute Gasteiger partial charge is 0.303 e. The van der Waals surface area contributed by atoms with Crippen LogP contribution in [0.3, 0.4) is 0 Å². The normalized spacial score (nSPS) is 11.9. The first-order valence-corrected chi connectivity index (χ1v) is 5.64. The van der Waals surface area contributed by atoms with Crippen molar-refractivity contribution in [3.8, 4) is 0 Å². The molecule has 0 aliphatic rings. The molecule has 0 bridgehead atoms. The van der Waals surface area contributed by atoms with Gasteiger partial charge in [0.2, 0.25) is 0 Å². The monoisotopic (exact) mass is 287 g/mol. The van der Waals surface area contributed by atoms with Gasteiger partial charge in [0.1, 0.15) is 6.10 Å². The number of hydrogen-bond acceptors (Lipinski definition) is 4. The summed E-state index contributed by atoms with van der Waals surface area (Å²) in [5.41, 5.74) is 0.580. The first-order chi connectivity index (χ1) is 7.54. The zero-order valence-corrected chi connectivity index (χ0v) is 10.1. The standard InChI is InChI=1S/C10H10BrNO4/c1-7(13)16-10(6-11)8-3-2-4-9(5-8)12(14)15/h2-5,10H,6H2,1H3. The van der Waals surface area contributed by atoms with Crippen LogP contribution >= 0.6 is 15.9 Å². The summed E-state index contributed by atoms with van der Waals surface area (Å²) in [5, 5.41) is 11.0. The summed E-state index contributed by atoms with van der Waals surface area (Å²) in [6.45, 7) is 1.30. The molecule has 0 heterocycles. The lowest BCUT2D eigenvalue weighted by Crippen LogP contribution is -2.09. The van der Waals surface area contributed by atoms with Gasteiger partial charge in [0.05, 0.1) is 4.92 Å². The minimum atomic E-state index is -0.502. The number of rotatable bonds is 4. The lowest BCUT2D eigenvalue weighted by Gasteiger charge is -2.14. The Morgan fingerprint density at radius 2 is 2.31 bits per heavy atom. The second kappa shape index (κ2) is 5.60. The van der Waals surface area contributed by atoms with Crippen molar-refractivity contribution in [2.75, 3.05) is 5.33 Å².